The normalized spacial score (nSPS) is 17.5. The molecule has 0 aliphatic carbocycles. The molecule has 1 aromatic carbocycles. The quantitative estimate of drug-likeness (QED) is 0.390. The summed E-state index contributed by atoms with van der Waals surface area (Å²) in [6.45, 7) is 6.15. The van der Waals surface area contributed by atoms with E-state index in [2.05, 4.69) is 0 Å². The number of fused-ring (bicyclic) bond motifs is 1. The zero-order valence-electron chi connectivity index (χ0n) is 13.2. The van der Waals surface area contributed by atoms with E-state index in [1.54, 1.807) is 6.07 Å². The molecule has 0 radical (unpaired) electrons. The van der Waals surface area contributed by atoms with Crippen LogP contribution < -0.4 is 4.35 Å². The van der Waals surface area contributed by atoms with E-state index in [0.717, 1.165) is 17.0 Å². The van der Waals surface area contributed by atoms with Gasteiger partial charge in [-0.3, -0.25) is 0 Å². The average Bonchev–Trinajstić information content (AvgIpc) is 2.57. The Morgan fingerprint density at radius 1 is 1.30 bits per heavy atom. The first kappa shape index (κ1) is 18.4. The van der Waals surface area contributed by atoms with Gasteiger partial charge in [0, 0.05) is 0 Å². The molecule has 1 aliphatic rings. The maximum atomic E-state index is 11.5. The van der Waals surface area contributed by atoms with Gasteiger partial charge < -0.3 is 0 Å². The predicted molar refractivity (Wildman–Crippen MR) is 84.6 cm³/mol. The van der Waals surface area contributed by atoms with Crippen molar-refractivity contribution in [1.82, 2.24) is 0 Å². The second kappa shape index (κ2) is 5.86. The second-order valence-electron chi connectivity index (χ2n) is 6.22. The van der Waals surface area contributed by atoms with E-state index in [9.17, 15) is 24.9 Å². The molecule has 2 rings (SSSR count). The Balaban J connectivity index is 2.40. The van der Waals surface area contributed by atoms with Gasteiger partial charge in [-0.15, -0.1) is 0 Å². The molecule has 0 spiro atoms. The van der Waals surface area contributed by atoms with Gasteiger partial charge >= 0.3 is 138 Å². The topological polar surface area (TPSA) is 118 Å². The molecular formula is C14H20AsNO6S. The van der Waals surface area contributed by atoms with Crippen LogP contribution in [-0.4, -0.2) is 57.9 Å². The molecular weight excluding hydrogens is 385 g/mol. The fraction of sp³-hybridized carbons (Fsp3) is 0.500. The SMILES string of the molecule is CC1=[N+](CCCS(=O)(=O)[O-])c2ccc([As](=O)(O)O)cc2C1(C)C. The zero-order chi connectivity index (χ0) is 17.6. The molecule has 0 aromatic heterocycles. The number of hydrogen-bond acceptors (Lipinski definition) is 4. The van der Waals surface area contributed by atoms with Gasteiger partial charge in [0.1, 0.15) is 0 Å². The Hall–Kier alpha value is -0.922. The van der Waals surface area contributed by atoms with E-state index >= 15 is 0 Å². The Morgan fingerprint density at radius 3 is 2.43 bits per heavy atom. The first-order valence-electron chi connectivity index (χ1n) is 7.10. The first-order chi connectivity index (χ1) is 10.3. The summed E-state index contributed by atoms with van der Waals surface area (Å²) in [5.74, 6) is -0.434. The number of rotatable bonds is 5. The number of nitrogens with zero attached hydrogens (tertiary/aromatic N) is 1. The fourth-order valence-electron chi connectivity index (χ4n) is 2.84. The van der Waals surface area contributed by atoms with Gasteiger partial charge in [-0.1, -0.05) is 0 Å². The molecule has 2 N–H and O–H groups in total. The van der Waals surface area contributed by atoms with Crippen molar-refractivity contribution in [3.8, 4) is 0 Å². The summed E-state index contributed by atoms with van der Waals surface area (Å²) in [5, 5.41) is 0. The fourth-order valence-corrected chi connectivity index (χ4v) is 4.51. The van der Waals surface area contributed by atoms with Crippen LogP contribution in [0.3, 0.4) is 0 Å². The van der Waals surface area contributed by atoms with Crippen molar-refractivity contribution in [2.75, 3.05) is 12.3 Å². The summed E-state index contributed by atoms with van der Waals surface area (Å²) < 4.78 is 64.5. The summed E-state index contributed by atoms with van der Waals surface area (Å²) in [6, 6.07) is 4.59. The Bertz CT molecular complexity index is 822. The third-order valence-electron chi connectivity index (χ3n) is 4.37. The summed E-state index contributed by atoms with van der Waals surface area (Å²) in [6.07, 6.45) is 0.197. The van der Waals surface area contributed by atoms with E-state index in [1.165, 1.54) is 12.1 Å². The molecule has 1 aliphatic heterocycles. The molecule has 128 valence electrons. The molecule has 9 heteroatoms. The monoisotopic (exact) mass is 405 g/mol. The van der Waals surface area contributed by atoms with Gasteiger partial charge in [-0.05, 0) is 0 Å². The molecule has 0 bridgehead atoms. The Morgan fingerprint density at radius 2 is 1.91 bits per heavy atom. The maximum absolute atomic E-state index is 11.5. The predicted octanol–water partition coefficient (Wildman–Crippen LogP) is -0.421. The second-order valence-corrected chi connectivity index (χ2v) is 11.1. The number of benzene rings is 1. The molecule has 0 atom stereocenters. The van der Waals surface area contributed by atoms with Crippen LogP contribution in [0, 0.1) is 0 Å². The molecule has 0 fully saturated rings. The summed E-state index contributed by atoms with van der Waals surface area (Å²) >= 11 is -4.98. The van der Waals surface area contributed by atoms with Crippen molar-refractivity contribution in [3.63, 3.8) is 0 Å². The van der Waals surface area contributed by atoms with Gasteiger partial charge in [-0.2, -0.15) is 0 Å². The van der Waals surface area contributed by atoms with Crippen molar-refractivity contribution in [2.24, 2.45) is 0 Å². The number of hydrogen-bond donors (Lipinski definition) is 2. The van der Waals surface area contributed by atoms with Crippen molar-refractivity contribution in [2.45, 2.75) is 32.6 Å². The minimum atomic E-state index is -4.98. The van der Waals surface area contributed by atoms with Crippen LogP contribution in [-0.2, 0) is 19.3 Å². The molecule has 23 heavy (non-hydrogen) atoms. The zero-order valence-corrected chi connectivity index (χ0v) is 15.9. The molecule has 0 unspecified atom stereocenters. The van der Waals surface area contributed by atoms with Crippen molar-refractivity contribution in [3.05, 3.63) is 23.8 Å². The summed E-state index contributed by atoms with van der Waals surface area (Å²) in [7, 11) is -4.25. The van der Waals surface area contributed by atoms with Crippen molar-refractivity contribution >= 4 is 40.0 Å². The molecule has 1 aromatic rings. The molecule has 1 heterocycles. The van der Waals surface area contributed by atoms with Gasteiger partial charge in [0.05, 0.1) is 0 Å². The Kier molecular flexibility index (Phi) is 4.69. The van der Waals surface area contributed by atoms with Crippen LogP contribution >= 0.6 is 0 Å². The average molecular weight is 405 g/mol. The van der Waals surface area contributed by atoms with Crippen molar-refractivity contribution in [1.29, 1.82) is 0 Å². The van der Waals surface area contributed by atoms with Gasteiger partial charge in [0.2, 0.25) is 0 Å². The van der Waals surface area contributed by atoms with Gasteiger partial charge in [0.15, 0.2) is 0 Å². The summed E-state index contributed by atoms with van der Waals surface area (Å²) in [4.78, 5) is 0. The van der Waals surface area contributed by atoms with Crippen LogP contribution in [0.2, 0.25) is 0 Å². The van der Waals surface area contributed by atoms with E-state index in [1.807, 2.05) is 25.3 Å². The van der Waals surface area contributed by atoms with E-state index < -0.39 is 35.5 Å². The molecule has 0 saturated carbocycles. The van der Waals surface area contributed by atoms with Crippen LogP contribution in [0.25, 0.3) is 0 Å². The molecule has 0 saturated heterocycles. The Labute approximate surface area is 138 Å². The van der Waals surface area contributed by atoms with Crippen LogP contribution in [0.4, 0.5) is 5.69 Å². The molecule has 0 amide bonds. The van der Waals surface area contributed by atoms with E-state index in [-0.39, 0.29) is 10.8 Å². The first-order valence-corrected chi connectivity index (χ1v) is 12.1. The van der Waals surface area contributed by atoms with Gasteiger partial charge in [-0.25, -0.2) is 0 Å². The van der Waals surface area contributed by atoms with Crippen LogP contribution in [0.15, 0.2) is 18.2 Å². The third kappa shape index (κ3) is 3.78. The standard InChI is InChI=1S/C14H20AsNO6S/c1-10-14(2,3)12-9-11(15(17,18)19)5-6-13(12)16(10)7-4-8-23(20,21)22/h5-6,9H,4,7-8H2,1-3H3,(H2-,17,18,19,20,21,22). The van der Waals surface area contributed by atoms with Gasteiger partial charge in [0.25, 0.3) is 0 Å². The van der Waals surface area contributed by atoms with E-state index in [0.29, 0.717) is 6.54 Å². The minimum absolute atomic E-state index is 0.0201. The van der Waals surface area contributed by atoms with Crippen molar-refractivity contribution < 1.29 is 29.5 Å². The van der Waals surface area contributed by atoms with E-state index in [4.69, 9.17) is 0 Å². The van der Waals surface area contributed by atoms with Crippen LogP contribution in [0.1, 0.15) is 32.8 Å². The van der Waals surface area contributed by atoms with Crippen LogP contribution in [0.5, 0.6) is 0 Å². The summed E-state index contributed by atoms with van der Waals surface area (Å²) in [5.41, 5.74) is 2.11. The molecule has 7 nitrogen and oxygen atoms in total. The third-order valence-corrected chi connectivity index (χ3v) is 7.15.